The minimum Gasteiger partial charge on any atom is -0.481 e. The highest BCUT2D eigenvalue weighted by atomic mass is 32.2. The summed E-state index contributed by atoms with van der Waals surface area (Å²) in [4.78, 5) is 23.6. The molecule has 0 radical (unpaired) electrons. The predicted molar refractivity (Wildman–Crippen MR) is 80.9 cm³/mol. The molecule has 20 heavy (non-hydrogen) atoms. The minimum atomic E-state index is -0.859. The number of carbonyl (C=O) groups is 2. The van der Waals surface area contributed by atoms with Crippen molar-refractivity contribution in [3.05, 3.63) is 29.8 Å². The Hall–Kier alpha value is -1.49. The summed E-state index contributed by atoms with van der Waals surface area (Å²) in [5, 5.41) is 11.6. The summed E-state index contributed by atoms with van der Waals surface area (Å²) in [5.74, 6) is -0.756. The van der Waals surface area contributed by atoms with E-state index in [0.29, 0.717) is 18.6 Å². The Kier molecular flexibility index (Phi) is 7.15. The number of benzene rings is 1. The molecule has 0 aromatic heterocycles. The van der Waals surface area contributed by atoms with Gasteiger partial charge in [-0.15, -0.1) is 11.8 Å². The Labute approximate surface area is 124 Å². The van der Waals surface area contributed by atoms with Crippen molar-refractivity contribution >= 4 is 23.6 Å². The van der Waals surface area contributed by atoms with Gasteiger partial charge >= 0.3 is 5.97 Å². The summed E-state index contributed by atoms with van der Waals surface area (Å²) in [6.07, 6.45) is 0.919. The van der Waals surface area contributed by atoms with Crippen LogP contribution in [0.5, 0.6) is 0 Å². The zero-order valence-corrected chi connectivity index (χ0v) is 12.7. The molecule has 1 aromatic rings. The van der Waals surface area contributed by atoms with Gasteiger partial charge in [0.1, 0.15) is 0 Å². The van der Waals surface area contributed by atoms with Gasteiger partial charge in [-0.25, -0.2) is 0 Å². The molecule has 0 heterocycles. The molecule has 5 heteroatoms. The second-order valence-corrected chi connectivity index (χ2v) is 5.83. The van der Waals surface area contributed by atoms with Gasteiger partial charge in [0.05, 0.1) is 5.92 Å². The number of hydrogen-bond donors (Lipinski definition) is 2. The molecule has 4 nitrogen and oxygen atoms in total. The molecule has 0 saturated heterocycles. The van der Waals surface area contributed by atoms with E-state index in [-0.39, 0.29) is 12.5 Å². The monoisotopic (exact) mass is 295 g/mol. The fourth-order valence-corrected chi connectivity index (χ4v) is 2.48. The number of hydrogen-bond acceptors (Lipinski definition) is 3. The molecule has 1 atom stereocenters. The van der Waals surface area contributed by atoms with Crippen molar-refractivity contribution in [1.29, 1.82) is 0 Å². The lowest BCUT2D eigenvalue weighted by Gasteiger charge is -2.10. The number of aryl methyl sites for hydroxylation is 1. The maximum Gasteiger partial charge on any atom is 0.308 e. The number of amides is 1. The van der Waals surface area contributed by atoms with Crippen molar-refractivity contribution in [3.8, 4) is 0 Å². The maximum absolute atomic E-state index is 11.6. The molecule has 0 fully saturated rings. The molecule has 0 aliphatic heterocycles. The highest BCUT2D eigenvalue weighted by molar-refractivity contribution is 7.99. The van der Waals surface area contributed by atoms with E-state index in [1.165, 1.54) is 5.56 Å². The van der Waals surface area contributed by atoms with Gasteiger partial charge in [-0.2, -0.15) is 0 Å². The first kappa shape index (κ1) is 16.6. The summed E-state index contributed by atoms with van der Waals surface area (Å²) in [6.45, 7) is 4.05. The number of rotatable bonds is 8. The van der Waals surface area contributed by atoms with Crippen molar-refractivity contribution in [1.82, 2.24) is 5.32 Å². The molecule has 2 N–H and O–H groups in total. The van der Waals surface area contributed by atoms with E-state index >= 15 is 0 Å². The van der Waals surface area contributed by atoms with E-state index in [4.69, 9.17) is 5.11 Å². The molecule has 1 rings (SSSR count). The molecule has 1 aromatic carbocycles. The highest BCUT2D eigenvalue weighted by Gasteiger charge is 2.15. The summed E-state index contributed by atoms with van der Waals surface area (Å²) in [5.41, 5.74) is 1.21. The van der Waals surface area contributed by atoms with Crippen LogP contribution in [0.3, 0.4) is 0 Å². The van der Waals surface area contributed by atoms with Gasteiger partial charge < -0.3 is 10.4 Å². The fourth-order valence-electron chi connectivity index (χ4n) is 1.63. The third-order valence-electron chi connectivity index (χ3n) is 3.01. The third-order valence-corrected chi connectivity index (χ3v) is 4.02. The SMILES string of the molecule is CCC(CNC(=O)CCSc1ccc(C)cc1)C(=O)O. The molecule has 0 aliphatic rings. The summed E-state index contributed by atoms with van der Waals surface area (Å²) in [6, 6.07) is 8.16. The summed E-state index contributed by atoms with van der Waals surface area (Å²) >= 11 is 1.63. The Morgan fingerprint density at radius 1 is 1.30 bits per heavy atom. The van der Waals surface area contributed by atoms with E-state index < -0.39 is 11.9 Å². The summed E-state index contributed by atoms with van der Waals surface area (Å²) in [7, 11) is 0. The lowest BCUT2D eigenvalue weighted by Crippen LogP contribution is -2.32. The number of carbonyl (C=O) groups excluding carboxylic acids is 1. The van der Waals surface area contributed by atoms with Gasteiger partial charge in [-0.05, 0) is 25.5 Å². The van der Waals surface area contributed by atoms with Crippen LogP contribution >= 0.6 is 11.8 Å². The standard InChI is InChI=1S/C15H21NO3S/c1-3-12(15(18)19)10-16-14(17)8-9-20-13-6-4-11(2)5-7-13/h4-7,12H,3,8-10H2,1-2H3,(H,16,17)(H,18,19). The van der Waals surface area contributed by atoms with Crippen LogP contribution < -0.4 is 5.32 Å². The maximum atomic E-state index is 11.6. The molecule has 1 amide bonds. The van der Waals surface area contributed by atoms with Crippen molar-refractivity contribution in [2.75, 3.05) is 12.3 Å². The average molecular weight is 295 g/mol. The van der Waals surface area contributed by atoms with Crippen molar-refractivity contribution in [3.63, 3.8) is 0 Å². The normalized spacial score (nSPS) is 11.9. The van der Waals surface area contributed by atoms with E-state index in [0.717, 1.165) is 4.90 Å². The second kappa shape index (κ2) is 8.64. The molecular formula is C15H21NO3S. The first-order valence-corrected chi connectivity index (χ1v) is 7.70. The van der Waals surface area contributed by atoms with Crippen LogP contribution in [0.2, 0.25) is 0 Å². The van der Waals surface area contributed by atoms with Crippen LogP contribution in [0.1, 0.15) is 25.3 Å². The zero-order chi connectivity index (χ0) is 15.0. The quantitative estimate of drug-likeness (QED) is 0.724. The van der Waals surface area contributed by atoms with Crippen LogP contribution in [-0.4, -0.2) is 29.3 Å². The lowest BCUT2D eigenvalue weighted by atomic mass is 10.1. The van der Waals surface area contributed by atoms with E-state index in [2.05, 4.69) is 5.32 Å². The minimum absolute atomic E-state index is 0.0932. The van der Waals surface area contributed by atoms with Gasteiger partial charge in [0, 0.05) is 23.6 Å². The topological polar surface area (TPSA) is 66.4 Å². The van der Waals surface area contributed by atoms with Crippen LogP contribution in [0.25, 0.3) is 0 Å². The Morgan fingerprint density at radius 2 is 1.95 bits per heavy atom. The van der Waals surface area contributed by atoms with Crippen molar-refractivity contribution < 1.29 is 14.7 Å². The molecule has 0 saturated carbocycles. The Bertz CT molecular complexity index is 445. The van der Waals surface area contributed by atoms with Crippen LogP contribution in [0, 0.1) is 12.8 Å². The smallest absolute Gasteiger partial charge is 0.308 e. The van der Waals surface area contributed by atoms with Gasteiger partial charge in [-0.1, -0.05) is 24.6 Å². The first-order valence-electron chi connectivity index (χ1n) is 6.72. The number of thioether (sulfide) groups is 1. The van der Waals surface area contributed by atoms with Gasteiger partial charge in [-0.3, -0.25) is 9.59 Å². The van der Waals surface area contributed by atoms with E-state index in [9.17, 15) is 9.59 Å². The van der Waals surface area contributed by atoms with E-state index in [1.54, 1.807) is 18.7 Å². The molecule has 0 aliphatic carbocycles. The fraction of sp³-hybridized carbons (Fsp3) is 0.467. The third kappa shape index (κ3) is 6.10. The van der Waals surface area contributed by atoms with Gasteiger partial charge in [0.25, 0.3) is 0 Å². The Morgan fingerprint density at radius 3 is 2.50 bits per heavy atom. The zero-order valence-electron chi connectivity index (χ0n) is 11.9. The number of aliphatic carboxylic acids is 1. The average Bonchev–Trinajstić information content (AvgIpc) is 2.41. The number of nitrogens with one attached hydrogen (secondary N) is 1. The molecule has 0 bridgehead atoms. The second-order valence-electron chi connectivity index (χ2n) is 4.66. The molecule has 1 unspecified atom stereocenters. The van der Waals surface area contributed by atoms with Crippen LogP contribution in [0.4, 0.5) is 0 Å². The Balaban J connectivity index is 2.23. The van der Waals surface area contributed by atoms with Crippen LogP contribution in [0.15, 0.2) is 29.2 Å². The van der Waals surface area contributed by atoms with Gasteiger partial charge in [0.15, 0.2) is 0 Å². The molecule has 0 spiro atoms. The van der Waals surface area contributed by atoms with Crippen molar-refractivity contribution in [2.45, 2.75) is 31.6 Å². The first-order chi connectivity index (χ1) is 9.52. The predicted octanol–water partition coefficient (Wildman–Crippen LogP) is 2.70. The molecular weight excluding hydrogens is 274 g/mol. The van der Waals surface area contributed by atoms with Gasteiger partial charge in [0.2, 0.25) is 5.91 Å². The number of carboxylic acid groups (broad SMARTS) is 1. The number of carboxylic acids is 1. The lowest BCUT2D eigenvalue weighted by molar-refractivity contribution is -0.141. The van der Waals surface area contributed by atoms with Crippen LogP contribution in [-0.2, 0) is 9.59 Å². The largest absolute Gasteiger partial charge is 0.481 e. The highest BCUT2D eigenvalue weighted by Crippen LogP contribution is 2.18. The van der Waals surface area contributed by atoms with E-state index in [1.807, 2.05) is 31.2 Å². The summed E-state index contributed by atoms with van der Waals surface area (Å²) < 4.78 is 0. The molecule has 110 valence electrons. The van der Waals surface area contributed by atoms with Crippen molar-refractivity contribution in [2.24, 2.45) is 5.92 Å².